The highest BCUT2D eigenvalue weighted by Gasteiger charge is 2.41. The van der Waals surface area contributed by atoms with E-state index in [1.54, 1.807) is 26.0 Å². The molecule has 9 heteroatoms. The van der Waals surface area contributed by atoms with E-state index in [4.69, 9.17) is 11.2 Å². The van der Waals surface area contributed by atoms with Crippen molar-refractivity contribution in [1.82, 2.24) is 9.27 Å². The number of hydrogen-bond acceptors (Lipinski definition) is 8. The molecule has 31 heavy (non-hydrogen) atoms. The third-order valence-corrected chi connectivity index (χ3v) is 6.02. The lowest BCUT2D eigenvalue weighted by molar-refractivity contribution is -0.384. The summed E-state index contributed by atoms with van der Waals surface area (Å²) in [5.41, 5.74) is 2.91. The molecule has 2 atom stereocenters. The largest absolute Gasteiger partial charge is 0.465 e. The van der Waals surface area contributed by atoms with E-state index >= 15 is 0 Å². The Bertz CT molecular complexity index is 1060. The van der Waals surface area contributed by atoms with Crippen LogP contribution >= 0.6 is 11.5 Å². The highest BCUT2D eigenvalue weighted by Crippen LogP contribution is 2.47. The van der Waals surface area contributed by atoms with E-state index in [2.05, 4.69) is 15.3 Å². The van der Waals surface area contributed by atoms with Crippen LogP contribution in [0.2, 0.25) is 0 Å². The molecule has 0 radical (unpaired) electrons. The first-order valence-electron chi connectivity index (χ1n) is 9.94. The van der Waals surface area contributed by atoms with Crippen LogP contribution in [0.25, 0.3) is 0 Å². The van der Waals surface area contributed by atoms with E-state index in [-0.39, 0.29) is 12.3 Å². The number of aliphatic imine (C=N–C) groups is 1. The average molecular weight is 441 g/mol. The maximum Gasteiger partial charge on any atom is 0.315 e. The van der Waals surface area contributed by atoms with Gasteiger partial charge in [0.25, 0.3) is 5.69 Å². The van der Waals surface area contributed by atoms with Gasteiger partial charge in [0.1, 0.15) is 10.9 Å². The molecule has 2 unspecified atom stereocenters. The van der Waals surface area contributed by atoms with E-state index < -0.39 is 22.7 Å². The van der Waals surface area contributed by atoms with Crippen molar-refractivity contribution in [2.24, 2.45) is 10.9 Å². The third-order valence-electron chi connectivity index (χ3n) is 5.23. The average Bonchev–Trinajstić information content (AvgIpc) is 3.14. The van der Waals surface area contributed by atoms with Crippen LogP contribution in [-0.2, 0) is 16.0 Å². The summed E-state index contributed by atoms with van der Waals surface area (Å²) in [7, 11) is 1.93. The molecule has 0 fully saturated rings. The predicted octanol–water partition coefficient (Wildman–Crippen LogP) is 3.58. The fraction of sp³-hybridized carbons (Fsp3) is 0.409. The molecule has 1 aliphatic rings. The van der Waals surface area contributed by atoms with Crippen molar-refractivity contribution in [3.05, 3.63) is 51.2 Å². The van der Waals surface area contributed by atoms with Crippen LogP contribution in [0.3, 0.4) is 0 Å². The fourth-order valence-electron chi connectivity index (χ4n) is 3.79. The summed E-state index contributed by atoms with van der Waals surface area (Å²) in [6.07, 6.45) is 6.02. The van der Waals surface area contributed by atoms with Gasteiger partial charge in [-0.05, 0) is 38.0 Å². The van der Waals surface area contributed by atoms with Crippen LogP contribution in [0.5, 0.6) is 0 Å². The summed E-state index contributed by atoms with van der Waals surface area (Å²) < 4.78 is 9.95. The molecule has 0 saturated carbocycles. The van der Waals surface area contributed by atoms with Crippen molar-refractivity contribution >= 4 is 33.9 Å². The number of fused-ring (bicyclic) bond motifs is 1. The number of nitro benzene ring substituents is 1. The summed E-state index contributed by atoms with van der Waals surface area (Å²) in [5.74, 6) is 1.09. The van der Waals surface area contributed by atoms with Gasteiger partial charge in [-0.25, -0.2) is 4.99 Å². The molecular formula is C22H24N4O4S. The summed E-state index contributed by atoms with van der Waals surface area (Å²) in [4.78, 5) is 30.5. The standard InChI is InChI=1S/C22H24N4O4S/c1-5-11-25(4)12-10-17-20-19(15-8-7-9-16(13-15)26(28)29)18(22(27)30-6-2)14(3)23-21(20)31-24-17/h1,7-9,13,18-19H,6,10-12H2,2-4H3. The number of carbonyl (C=O) groups excluding carboxylic acids is 1. The van der Waals surface area contributed by atoms with Gasteiger partial charge in [0, 0.05) is 42.3 Å². The number of aromatic nitrogens is 1. The van der Waals surface area contributed by atoms with Crippen LogP contribution < -0.4 is 0 Å². The van der Waals surface area contributed by atoms with Crippen molar-refractivity contribution in [2.45, 2.75) is 26.2 Å². The number of nitrogens with zero attached hydrogens (tertiary/aromatic N) is 4. The quantitative estimate of drug-likeness (QED) is 0.269. The summed E-state index contributed by atoms with van der Waals surface area (Å²) >= 11 is 1.27. The Kier molecular flexibility index (Phi) is 7.15. The van der Waals surface area contributed by atoms with E-state index in [0.29, 0.717) is 30.8 Å². The molecule has 0 aliphatic carbocycles. The number of non-ortho nitro benzene ring substituents is 1. The van der Waals surface area contributed by atoms with Gasteiger partial charge in [-0.3, -0.25) is 19.8 Å². The van der Waals surface area contributed by atoms with Gasteiger partial charge in [0.05, 0.1) is 23.8 Å². The first kappa shape index (κ1) is 22.6. The minimum atomic E-state index is -0.673. The zero-order valence-corrected chi connectivity index (χ0v) is 18.5. The van der Waals surface area contributed by atoms with Crippen LogP contribution in [0, 0.1) is 28.4 Å². The molecule has 3 rings (SSSR count). The number of nitro groups is 1. The molecule has 0 amide bonds. The normalized spacial score (nSPS) is 17.6. The number of hydrogen-bond donors (Lipinski definition) is 0. The Labute approximate surface area is 185 Å². The molecule has 0 saturated heterocycles. The summed E-state index contributed by atoms with van der Waals surface area (Å²) in [5, 5.41) is 12.1. The number of esters is 1. The number of likely N-dealkylation sites (N-methyl/N-ethyl adjacent to an activating group) is 1. The fourth-order valence-corrected chi connectivity index (χ4v) is 4.71. The second kappa shape index (κ2) is 9.81. The topological polar surface area (TPSA) is 97.9 Å². The minimum absolute atomic E-state index is 0.0275. The van der Waals surface area contributed by atoms with Crippen LogP contribution in [-0.4, -0.2) is 52.6 Å². The van der Waals surface area contributed by atoms with E-state index in [1.807, 2.05) is 11.9 Å². The van der Waals surface area contributed by atoms with Crippen LogP contribution in [0.4, 0.5) is 10.7 Å². The van der Waals surface area contributed by atoms with Gasteiger partial charge in [-0.15, -0.1) is 6.42 Å². The molecular weight excluding hydrogens is 416 g/mol. The Morgan fingerprint density at radius 3 is 2.90 bits per heavy atom. The summed E-state index contributed by atoms with van der Waals surface area (Å²) in [6.45, 7) is 4.98. The summed E-state index contributed by atoms with van der Waals surface area (Å²) in [6, 6.07) is 6.40. The lowest BCUT2D eigenvalue weighted by Gasteiger charge is -2.30. The van der Waals surface area contributed by atoms with Gasteiger partial charge in [0.15, 0.2) is 0 Å². The number of carbonyl (C=O) groups is 1. The predicted molar refractivity (Wildman–Crippen MR) is 120 cm³/mol. The first-order chi connectivity index (χ1) is 14.9. The minimum Gasteiger partial charge on any atom is -0.465 e. The molecule has 8 nitrogen and oxygen atoms in total. The van der Waals surface area contributed by atoms with E-state index in [0.717, 1.165) is 16.3 Å². The molecule has 0 N–H and O–H groups in total. The molecule has 0 bridgehead atoms. The molecule has 2 aromatic rings. The van der Waals surface area contributed by atoms with Crippen molar-refractivity contribution in [3.63, 3.8) is 0 Å². The zero-order valence-electron chi connectivity index (χ0n) is 17.7. The number of terminal acetylenes is 1. The Balaban J connectivity index is 2.10. The zero-order chi connectivity index (χ0) is 22.5. The van der Waals surface area contributed by atoms with Gasteiger partial charge >= 0.3 is 5.97 Å². The molecule has 0 spiro atoms. The second-order valence-corrected chi connectivity index (χ2v) is 8.10. The van der Waals surface area contributed by atoms with Gasteiger partial charge in [-0.1, -0.05) is 18.1 Å². The van der Waals surface area contributed by atoms with Gasteiger partial charge in [-0.2, -0.15) is 4.37 Å². The molecule has 1 aromatic carbocycles. The van der Waals surface area contributed by atoms with Crippen molar-refractivity contribution in [1.29, 1.82) is 0 Å². The highest BCUT2D eigenvalue weighted by atomic mass is 32.1. The lowest BCUT2D eigenvalue weighted by atomic mass is 9.76. The van der Waals surface area contributed by atoms with E-state index in [9.17, 15) is 14.9 Å². The number of rotatable bonds is 8. The van der Waals surface area contributed by atoms with Crippen molar-refractivity contribution in [3.8, 4) is 12.3 Å². The van der Waals surface area contributed by atoms with Crippen molar-refractivity contribution in [2.75, 3.05) is 26.7 Å². The smallest absolute Gasteiger partial charge is 0.315 e. The Morgan fingerprint density at radius 1 is 1.45 bits per heavy atom. The Hall–Kier alpha value is -3.09. The van der Waals surface area contributed by atoms with Gasteiger partial charge in [0.2, 0.25) is 0 Å². The maximum atomic E-state index is 12.9. The lowest BCUT2D eigenvalue weighted by Crippen LogP contribution is -2.33. The SMILES string of the molecule is C#CCN(C)CCc1nsc2c1C(c1cccc([N+](=O)[O-])c1)C(C(=O)OCC)C(C)=N2. The molecule has 162 valence electrons. The van der Waals surface area contributed by atoms with E-state index in [1.165, 1.54) is 23.7 Å². The first-order valence-corrected chi connectivity index (χ1v) is 10.7. The highest BCUT2D eigenvalue weighted by molar-refractivity contribution is 7.10. The number of benzene rings is 1. The second-order valence-electron chi connectivity index (χ2n) is 7.35. The molecule has 2 heterocycles. The van der Waals surface area contributed by atoms with Crippen LogP contribution in [0.15, 0.2) is 29.3 Å². The third kappa shape index (κ3) is 4.81. The number of ether oxygens (including phenoxy) is 1. The monoisotopic (exact) mass is 440 g/mol. The molecule has 1 aliphatic heterocycles. The molecule has 1 aromatic heterocycles. The van der Waals surface area contributed by atoms with Crippen molar-refractivity contribution < 1.29 is 14.5 Å². The van der Waals surface area contributed by atoms with Gasteiger partial charge < -0.3 is 4.74 Å². The maximum absolute atomic E-state index is 12.9. The van der Waals surface area contributed by atoms with Crippen LogP contribution in [0.1, 0.15) is 36.6 Å². The Morgan fingerprint density at radius 2 is 2.23 bits per heavy atom.